The third kappa shape index (κ3) is 4.26. The molecule has 2 N–H and O–H groups in total. The molecule has 0 aliphatic rings. The molecular formula is C14H22N2O2S2. The molecule has 1 rings (SSSR count). The van der Waals surface area contributed by atoms with Crippen molar-refractivity contribution in [2.75, 3.05) is 6.54 Å². The van der Waals surface area contributed by atoms with Crippen molar-refractivity contribution in [3.63, 3.8) is 0 Å². The molecule has 0 aliphatic heterocycles. The Bertz CT molecular complexity index is 551. The first-order valence-electron chi connectivity index (χ1n) is 6.68. The highest BCUT2D eigenvalue weighted by molar-refractivity contribution is 7.89. The molecule has 1 aromatic carbocycles. The quantitative estimate of drug-likeness (QED) is 0.785. The summed E-state index contributed by atoms with van der Waals surface area (Å²) in [4.78, 5) is 0.710. The molecule has 20 heavy (non-hydrogen) atoms. The maximum Gasteiger partial charge on any atom is 0.243 e. The molecule has 0 saturated heterocycles. The number of hydrogen-bond donors (Lipinski definition) is 1. The molecule has 0 bridgehead atoms. The predicted octanol–water partition coefficient (Wildman–Crippen LogP) is 2.32. The van der Waals surface area contributed by atoms with Crippen molar-refractivity contribution < 1.29 is 8.42 Å². The average molecular weight is 314 g/mol. The van der Waals surface area contributed by atoms with Crippen molar-refractivity contribution in [1.82, 2.24) is 4.31 Å². The number of rotatable bonds is 7. The van der Waals surface area contributed by atoms with Gasteiger partial charge in [-0.25, -0.2) is 8.42 Å². The molecular weight excluding hydrogens is 292 g/mol. The van der Waals surface area contributed by atoms with Gasteiger partial charge in [-0.05, 0) is 38.0 Å². The molecule has 0 radical (unpaired) electrons. The Hall–Kier alpha value is -0.980. The summed E-state index contributed by atoms with van der Waals surface area (Å²) >= 11 is 4.85. The Morgan fingerprint density at radius 1 is 1.30 bits per heavy atom. The first-order valence-corrected chi connectivity index (χ1v) is 8.53. The van der Waals surface area contributed by atoms with Gasteiger partial charge in [0, 0.05) is 19.0 Å². The van der Waals surface area contributed by atoms with E-state index in [1.807, 2.05) is 20.8 Å². The molecule has 0 heterocycles. The van der Waals surface area contributed by atoms with E-state index in [0.717, 1.165) is 12.0 Å². The standard InChI is InChI=1S/C14H22N2O2S2/c1-4-9-16(11(2)3)20(17,18)13-7-5-12(6-8-13)10-14(15)19/h5-8,11H,4,9-10H2,1-3H3,(H2,15,19). The summed E-state index contributed by atoms with van der Waals surface area (Å²) in [7, 11) is -3.44. The van der Waals surface area contributed by atoms with Crippen LogP contribution in [-0.4, -0.2) is 30.3 Å². The topological polar surface area (TPSA) is 63.4 Å². The van der Waals surface area contributed by atoms with Gasteiger partial charge in [0.1, 0.15) is 0 Å². The van der Waals surface area contributed by atoms with Crippen molar-refractivity contribution in [1.29, 1.82) is 0 Å². The van der Waals surface area contributed by atoms with E-state index >= 15 is 0 Å². The van der Waals surface area contributed by atoms with Crippen LogP contribution in [0.2, 0.25) is 0 Å². The van der Waals surface area contributed by atoms with Gasteiger partial charge >= 0.3 is 0 Å². The van der Waals surface area contributed by atoms with Crippen LogP contribution in [0.1, 0.15) is 32.8 Å². The van der Waals surface area contributed by atoms with Crippen LogP contribution in [0.3, 0.4) is 0 Å². The molecule has 0 spiro atoms. The number of hydrogen-bond acceptors (Lipinski definition) is 3. The van der Waals surface area contributed by atoms with Gasteiger partial charge in [-0.2, -0.15) is 4.31 Å². The van der Waals surface area contributed by atoms with Crippen LogP contribution in [0.5, 0.6) is 0 Å². The number of sulfonamides is 1. The monoisotopic (exact) mass is 314 g/mol. The lowest BCUT2D eigenvalue weighted by molar-refractivity contribution is 0.354. The Balaban J connectivity index is 3.05. The predicted molar refractivity (Wildman–Crippen MR) is 86.3 cm³/mol. The van der Waals surface area contributed by atoms with E-state index in [9.17, 15) is 8.42 Å². The van der Waals surface area contributed by atoms with E-state index in [1.165, 1.54) is 4.31 Å². The summed E-state index contributed by atoms with van der Waals surface area (Å²) in [5, 5.41) is 0. The van der Waals surface area contributed by atoms with E-state index in [2.05, 4.69) is 0 Å². The summed E-state index contributed by atoms with van der Waals surface area (Å²) in [6, 6.07) is 6.70. The second-order valence-corrected chi connectivity index (χ2v) is 7.41. The van der Waals surface area contributed by atoms with Gasteiger partial charge in [-0.1, -0.05) is 31.3 Å². The zero-order valence-corrected chi connectivity index (χ0v) is 13.8. The van der Waals surface area contributed by atoms with Gasteiger partial charge < -0.3 is 5.73 Å². The fraction of sp³-hybridized carbons (Fsp3) is 0.500. The van der Waals surface area contributed by atoms with Crippen molar-refractivity contribution in [2.45, 2.75) is 44.6 Å². The molecule has 4 nitrogen and oxygen atoms in total. The Morgan fingerprint density at radius 2 is 1.85 bits per heavy atom. The second kappa shape index (κ2) is 7.15. The van der Waals surface area contributed by atoms with Crippen LogP contribution in [0.15, 0.2) is 29.2 Å². The first-order chi connectivity index (χ1) is 9.28. The molecule has 112 valence electrons. The summed E-state index contributed by atoms with van der Waals surface area (Å²) in [5.74, 6) is 0. The van der Waals surface area contributed by atoms with Crippen LogP contribution in [0.4, 0.5) is 0 Å². The molecule has 0 unspecified atom stereocenters. The van der Waals surface area contributed by atoms with Gasteiger partial charge in [0.05, 0.1) is 9.88 Å². The zero-order chi connectivity index (χ0) is 15.3. The molecule has 0 aromatic heterocycles. The lowest BCUT2D eigenvalue weighted by atomic mass is 10.1. The number of nitrogens with two attached hydrogens (primary N) is 1. The smallest absolute Gasteiger partial charge is 0.243 e. The summed E-state index contributed by atoms with van der Waals surface area (Å²) in [6.45, 7) is 6.26. The normalized spacial score (nSPS) is 12.1. The minimum atomic E-state index is -3.44. The highest BCUT2D eigenvalue weighted by atomic mass is 32.2. The first kappa shape index (κ1) is 17.1. The van der Waals surface area contributed by atoms with Gasteiger partial charge in [-0.3, -0.25) is 0 Å². The van der Waals surface area contributed by atoms with Gasteiger partial charge in [0.25, 0.3) is 0 Å². The minimum Gasteiger partial charge on any atom is -0.393 e. The maximum absolute atomic E-state index is 12.6. The van der Waals surface area contributed by atoms with Crippen LogP contribution >= 0.6 is 12.2 Å². The summed E-state index contributed by atoms with van der Waals surface area (Å²) in [6.07, 6.45) is 1.27. The van der Waals surface area contributed by atoms with Gasteiger partial charge in [-0.15, -0.1) is 0 Å². The molecule has 0 amide bonds. The molecule has 0 saturated carbocycles. The lowest BCUT2D eigenvalue weighted by Crippen LogP contribution is -2.37. The fourth-order valence-corrected chi connectivity index (χ4v) is 3.89. The summed E-state index contributed by atoms with van der Waals surface area (Å²) < 4.78 is 26.7. The van der Waals surface area contributed by atoms with E-state index in [1.54, 1.807) is 24.3 Å². The molecule has 6 heteroatoms. The van der Waals surface area contributed by atoms with Crippen LogP contribution in [-0.2, 0) is 16.4 Å². The van der Waals surface area contributed by atoms with Crippen molar-refractivity contribution >= 4 is 27.2 Å². The second-order valence-electron chi connectivity index (χ2n) is 5.00. The Morgan fingerprint density at radius 3 is 2.25 bits per heavy atom. The zero-order valence-electron chi connectivity index (χ0n) is 12.2. The summed E-state index contributed by atoms with van der Waals surface area (Å²) in [5.41, 5.74) is 6.40. The van der Waals surface area contributed by atoms with Crippen LogP contribution < -0.4 is 5.73 Å². The SMILES string of the molecule is CCCN(C(C)C)S(=O)(=O)c1ccc(CC(N)=S)cc1. The van der Waals surface area contributed by atoms with E-state index in [0.29, 0.717) is 22.8 Å². The highest BCUT2D eigenvalue weighted by Crippen LogP contribution is 2.19. The average Bonchev–Trinajstić information content (AvgIpc) is 2.35. The molecule has 1 aromatic rings. The number of nitrogens with zero attached hydrogens (tertiary/aromatic N) is 1. The van der Waals surface area contributed by atoms with Crippen LogP contribution in [0.25, 0.3) is 0 Å². The van der Waals surface area contributed by atoms with E-state index in [-0.39, 0.29) is 6.04 Å². The van der Waals surface area contributed by atoms with Gasteiger partial charge in [0.2, 0.25) is 10.0 Å². The lowest BCUT2D eigenvalue weighted by Gasteiger charge is -2.25. The Labute approximate surface area is 127 Å². The van der Waals surface area contributed by atoms with E-state index in [4.69, 9.17) is 18.0 Å². The third-order valence-corrected chi connectivity index (χ3v) is 5.16. The van der Waals surface area contributed by atoms with Crippen molar-refractivity contribution in [3.05, 3.63) is 29.8 Å². The molecule has 0 atom stereocenters. The van der Waals surface area contributed by atoms with Gasteiger partial charge in [0.15, 0.2) is 0 Å². The molecule has 0 fully saturated rings. The van der Waals surface area contributed by atoms with Crippen molar-refractivity contribution in [3.8, 4) is 0 Å². The highest BCUT2D eigenvalue weighted by Gasteiger charge is 2.25. The molecule has 0 aliphatic carbocycles. The van der Waals surface area contributed by atoms with Crippen molar-refractivity contribution in [2.24, 2.45) is 5.73 Å². The Kier molecular flexibility index (Phi) is 6.10. The minimum absolute atomic E-state index is 0.0590. The fourth-order valence-electron chi connectivity index (χ4n) is 1.99. The largest absolute Gasteiger partial charge is 0.393 e. The van der Waals surface area contributed by atoms with Crippen LogP contribution in [0, 0.1) is 0 Å². The third-order valence-electron chi connectivity index (χ3n) is 2.93. The number of benzene rings is 1. The maximum atomic E-state index is 12.6. The van der Waals surface area contributed by atoms with E-state index < -0.39 is 10.0 Å². The number of thiocarbonyl (C=S) groups is 1.